The fraction of sp³-hybridized carbons (Fsp3) is 0. The van der Waals surface area contributed by atoms with Crippen molar-refractivity contribution in [3.8, 4) is 0 Å². The fourth-order valence-electron chi connectivity index (χ4n) is 0.916. The molecule has 0 aliphatic carbocycles. The number of carbonyl (C=O) groups is 1. The van der Waals surface area contributed by atoms with Crippen LogP contribution >= 0.6 is 33.9 Å². The normalized spacial score (nSPS) is 11.4. The van der Waals surface area contributed by atoms with Gasteiger partial charge in [-0.05, 0) is 12.1 Å². The minimum atomic E-state index is -4.09. The molecule has 0 aliphatic heterocycles. The van der Waals surface area contributed by atoms with E-state index in [0.717, 1.165) is 12.1 Å². The first-order chi connectivity index (χ1) is 6.73. The Morgan fingerprint density at radius 1 is 1.20 bits per heavy atom. The van der Waals surface area contributed by atoms with Gasteiger partial charge in [-0.1, -0.05) is 23.2 Å². The third-order valence-electron chi connectivity index (χ3n) is 1.49. The maximum atomic E-state index is 11.0. The van der Waals surface area contributed by atoms with Crippen molar-refractivity contribution in [2.24, 2.45) is 0 Å². The van der Waals surface area contributed by atoms with Gasteiger partial charge >= 0.3 is 5.97 Å². The van der Waals surface area contributed by atoms with Gasteiger partial charge < -0.3 is 5.11 Å². The third kappa shape index (κ3) is 2.75. The summed E-state index contributed by atoms with van der Waals surface area (Å²) in [6.07, 6.45) is 0. The molecular formula is C7H3Cl3O4S. The lowest BCUT2D eigenvalue weighted by Crippen LogP contribution is -2.00. The van der Waals surface area contributed by atoms with Gasteiger partial charge in [-0.25, -0.2) is 13.2 Å². The van der Waals surface area contributed by atoms with Crippen LogP contribution in [-0.2, 0) is 9.05 Å². The van der Waals surface area contributed by atoms with Crippen molar-refractivity contribution in [1.29, 1.82) is 0 Å². The Bertz CT molecular complexity index is 500. The number of aromatic carboxylic acids is 1. The molecule has 0 spiro atoms. The van der Waals surface area contributed by atoms with Crippen LogP contribution in [0, 0.1) is 0 Å². The molecule has 1 rings (SSSR count). The number of rotatable bonds is 2. The number of hydrogen-bond donors (Lipinski definition) is 1. The lowest BCUT2D eigenvalue weighted by Gasteiger charge is -2.04. The molecule has 0 amide bonds. The van der Waals surface area contributed by atoms with E-state index in [-0.39, 0.29) is 15.6 Å². The molecule has 0 radical (unpaired) electrons. The van der Waals surface area contributed by atoms with E-state index >= 15 is 0 Å². The van der Waals surface area contributed by atoms with E-state index in [1.807, 2.05) is 0 Å². The first kappa shape index (κ1) is 12.6. The van der Waals surface area contributed by atoms with Gasteiger partial charge in [0.05, 0.1) is 15.6 Å². The molecule has 0 saturated heterocycles. The predicted octanol–water partition coefficient (Wildman–Crippen LogP) is 2.62. The van der Waals surface area contributed by atoms with E-state index in [2.05, 4.69) is 0 Å². The zero-order valence-corrected chi connectivity index (χ0v) is 9.95. The van der Waals surface area contributed by atoms with Crippen LogP contribution in [0.25, 0.3) is 0 Å². The molecule has 0 aromatic heterocycles. The highest BCUT2D eigenvalue weighted by Crippen LogP contribution is 2.33. The SMILES string of the molecule is O=C(O)c1cc(Cl)c(S(=O)(=O)Cl)c(Cl)c1. The van der Waals surface area contributed by atoms with Gasteiger partial charge in [0.15, 0.2) is 0 Å². The monoisotopic (exact) mass is 288 g/mol. The van der Waals surface area contributed by atoms with Crippen LogP contribution in [0.4, 0.5) is 0 Å². The highest BCUT2D eigenvalue weighted by molar-refractivity contribution is 8.14. The highest BCUT2D eigenvalue weighted by atomic mass is 35.7. The minimum Gasteiger partial charge on any atom is -0.478 e. The van der Waals surface area contributed by atoms with Gasteiger partial charge in [-0.3, -0.25) is 0 Å². The second kappa shape index (κ2) is 4.17. The van der Waals surface area contributed by atoms with Crippen LogP contribution in [0.2, 0.25) is 10.0 Å². The van der Waals surface area contributed by atoms with E-state index in [0.29, 0.717) is 0 Å². The highest BCUT2D eigenvalue weighted by Gasteiger charge is 2.21. The van der Waals surface area contributed by atoms with Crippen molar-refractivity contribution in [2.45, 2.75) is 4.90 Å². The molecule has 82 valence electrons. The Kier molecular flexibility index (Phi) is 3.50. The first-order valence-corrected chi connectivity index (χ1v) is 6.47. The molecule has 1 N–H and O–H groups in total. The Morgan fingerprint density at radius 3 is 1.87 bits per heavy atom. The molecule has 4 nitrogen and oxygen atoms in total. The topological polar surface area (TPSA) is 71.4 Å². The Labute approximate surface area is 99.8 Å². The summed E-state index contributed by atoms with van der Waals surface area (Å²) in [5, 5.41) is 7.98. The van der Waals surface area contributed by atoms with Gasteiger partial charge in [-0.15, -0.1) is 0 Å². The van der Waals surface area contributed by atoms with Crippen molar-refractivity contribution < 1.29 is 18.3 Å². The number of carboxylic acids is 1. The van der Waals surface area contributed by atoms with Crippen molar-refractivity contribution in [2.75, 3.05) is 0 Å². The predicted molar refractivity (Wildman–Crippen MR) is 56.5 cm³/mol. The van der Waals surface area contributed by atoms with Crippen molar-refractivity contribution in [3.05, 3.63) is 27.7 Å². The fourth-order valence-corrected chi connectivity index (χ4v) is 3.33. The average molecular weight is 290 g/mol. The second-order valence-electron chi connectivity index (χ2n) is 2.51. The van der Waals surface area contributed by atoms with Crippen LogP contribution in [0.15, 0.2) is 17.0 Å². The molecule has 0 aliphatic rings. The van der Waals surface area contributed by atoms with Crippen molar-refractivity contribution in [3.63, 3.8) is 0 Å². The summed E-state index contributed by atoms with van der Waals surface area (Å²) in [5.74, 6) is -1.27. The van der Waals surface area contributed by atoms with E-state index in [4.69, 9.17) is 39.0 Å². The van der Waals surface area contributed by atoms with Crippen LogP contribution in [-0.4, -0.2) is 19.5 Å². The van der Waals surface area contributed by atoms with Crippen molar-refractivity contribution in [1.82, 2.24) is 0 Å². The van der Waals surface area contributed by atoms with E-state index < -0.39 is 19.9 Å². The number of carboxylic acid groups (broad SMARTS) is 1. The Hall–Kier alpha value is -0.490. The van der Waals surface area contributed by atoms with Crippen LogP contribution in [0.1, 0.15) is 10.4 Å². The number of hydrogen-bond acceptors (Lipinski definition) is 3. The molecule has 0 heterocycles. The number of benzene rings is 1. The molecular weight excluding hydrogens is 286 g/mol. The van der Waals surface area contributed by atoms with Crippen molar-refractivity contribution >= 4 is 48.9 Å². The molecule has 0 atom stereocenters. The lowest BCUT2D eigenvalue weighted by atomic mass is 10.2. The summed E-state index contributed by atoms with van der Waals surface area (Å²) in [7, 11) is 0.966. The first-order valence-electron chi connectivity index (χ1n) is 3.40. The van der Waals surface area contributed by atoms with Gasteiger partial charge in [0.2, 0.25) is 0 Å². The minimum absolute atomic E-state index is 0.214. The standard InChI is InChI=1S/C7H3Cl3O4S/c8-4-1-3(7(11)12)2-5(9)6(4)15(10,13)14/h1-2H,(H,11,12). The Morgan fingerprint density at radius 2 is 1.60 bits per heavy atom. The lowest BCUT2D eigenvalue weighted by molar-refractivity contribution is 0.0697. The summed E-state index contributed by atoms with van der Waals surface area (Å²) in [6, 6.07) is 1.93. The molecule has 0 unspecified atom stereocenters. The summed E-state index contributed by atoms with van der Waals surface area (Å²) >= 11 is 11.1. The quantitative estimate of drug-likeness (QED) is 0.850. The Balaban J connectivity index is 3.55. The molecule has 0 fully saturated rings. The van der Waals surface area contributed by atoms with Gasteiger partial charge in [0, 0.05) is 10.7 Å². The third-order valence-corrected chi connectivity index (χ3v) is 3.70. The molecule has 8 heteroatoms. The van der Waals surface area contributed by atoms with E-state index in [1.165, 1.54) is 0 Å². The zero-order chi connectivity index (χ0) is 11.8. The summed E-state index contributed by atoms with van der Waals surface area (Å²) in [5.41, 5.74) is -0.214. The molecule has 15 heavy (non-hydrogen) atoms. The molecule has 1 aromatic carbocycles. The van der Waals surface area contributed by atoms with Crippen LogP contribution < -0.4 is 0 Å². The second-order valence-corrected chi connectivity index (χ2v) is 5.83. The van der Waals surface area contributed by atoms with Gasteiger partial charge in [0.25, 0.3) is 9.05 Å². The van der Waals surface area contributed by atoms with E-state index in [1.54, 1.807) is 0 Å². The molecule has 1 aromatic rings. The van der Waals surface area contributed by atoms with Gasteiger partial charge in [0.1, 0.15) is 4.90 Å². The van der Waals surface area contributed by atoms with E-state index in [9.17, 15) is 13.2 Å². The van der Waals surface area contributed by atoms with Crippen LogP contribution in [0.3, 0.4) is 0 Å². The maximum Gasteiger partial charge on any atom is 0.335 e. The zero-order valence-electron chi connectivity index (χ0n) is 6.87. The summed E-state index contributed by atoms with van der Waals surface area (Å²) in [4.78, 5) is 10.1. The van der Waals surface area contributed by atoms with Gasteiger partial charge in [-0.2, -0.15) is 0 Å². The smallest absolute Gasteiger partial charge is 0.335 e. The molecule has 0 bridgehead atoms. The largest absolute Gasteiger partial charge is 0.478 e. The number of halogens is 3. The summed E-state index contributed by atoms with van der Waals surface area (Å²) < 4.78 is 22.0. The summed E-state index contributed by atoms with van der Waals surface area (Å²) in [6.45, 7) is 0. The molecule has 0 saturated carbocycles. The average Bonchev–Trinajstić information content (AvgIpc) is 1.99. The van der Waals surface area contributed by atoms with Crippen LogP contribution in [0.5, 0.6) is 0 Å². The maximum absolute atomic E-state index is 11.0.